The molecule has 0 bridgehead atoms. The van der Waals surface area contributed by atoms with Crippen LogP contribution in [-0.4, -0.2) is 48.6 Å². The first kappa shape index (κ1) is 17.9. The number of nitrogens with zero attached hydrogens (tertiary/aromatic N) is 1. The van der Waals surface area contributed by atoms with Crippen LogP contribution in [0, 0.1) is 11.3 Å². The standard InChI is InChI=1S/C18H23NO5S/c1-12(2)25(23,24)15-7-5-13(6-8-15)16(20)19-10-14-4-3-9-18(14,11-19)17(21)22/h5-8,12,14H,3-4,9-11H2,1-2H3,(H,21,22)/t14-,18+/m0/s1. The SMILES string of the molecule is CC(C)S(=O)(=O)c1ccc(C(=O)N2C[C@@H]3CCC[C@@]3(C(=O)O)C2)cc1. The average molecular weight is 365 g/mol. The van der Waals surface area contributed by atoms with Gasteiger partial charge in [0.2, 0.25) is 0 Å². The highest BCUT2D eigenvalue weighted by Crippen LogP contribution is 2.49. The quantitative estimate of drug-likeness (QED) is 0.883. The van der Waals surface area contributed by atoms with Crippen molar-refractivity contribution in [1.29, 1.82) is 0 Å². The Hall–Kier alpha value is -1.89. The van der Waals surface area contributed by atoms with Gasteiger partial charge in [0.25, 0.3) is 5.91 Å². The summed E-state index contributed by atoms with van der Waals surface area (Å²) in [6.07, 6.45) is 2.34. The summed E-state index contributed by atoms with van der Waals surface area (Å²) in [4.78, 5) is 26.2. The molecule has 0 unspecified atom stereocenters. The normalized spacial score (nSPS) is 26.0. The van der Waals surface area contributed by atoms with Crippen LogP contribution in [0.15, 0.2) is 29.2 Å². The lowest BCUT2D eigenvalue weighted by Crippen LogP contribution is -2.37. The van der Waals surface area contributed by atoms with E-state index >= 15 is 0 Å². The second-order valence-electron chi connectivity index (χ2n) is 7.35. The number of aliphatic carboxylic acids is 1. The summed E-state index contributed by atoms with van der Waals surface area (Å²) in [6.45, 7) is 3.92. The van der Waals surface area contributed by atoms with Crippen LogP contribution in [0.5, 0.6) is 0 Å². The summed E-state index contributed by atoms with van der Waals surface area (Å²) in [7, 11) is -3.37. The molecule has 1 heterocycles. The first-order valence-corrected chi connectivity index (χ1v) is 10.1. The maximum atomic E-state index is 12.7. The van der Waals surface area contributed by atoms with E-state index in [1.165, 1.54) is 24.3 Å². The van der Waals surface area contributed by atoms with E-state index in [4.69, 9.17) is 0 Å². The van der Waals surface area contributed by atoms with Crippen molar-refractivity contribution in [2.24, 2.45) is 11.3 Å². The van der Waals surface area contributed by atoms with Crippen molar-refractivity contribution in [3.63, 3.8) is 0 Å². The second-order valence-corrected chi connectivity index (χ2v) is 9.86. The van der Waals surface area contributed by atoms with Crippen molar-refractivity contribution in [1.82, 2.24) is 4.90 Å². The number of hydrogen-bond donors (Lipinski definition) is 1. The highest BCUT2D eigenvalue weighted by Gasteiger charge is 2.55. The number of amides is 1. The molecular formula is C18H23NO5S. The monoisotopic (exact) mass is 365 g/mol. The third kappa shape index (κ3) is 2.84. The molecule has 0 radical (unpaired) electrons. The molecule has 1 aromatic rings. The van der Waals surface area contributed by atoms with Crippen LogP contribution in [-0.2, 0) is 14.6 Å². The molecule has 3 rings (SSSR count). The van der Waals surface area contributed by atoms with Gasteiger partial charge in [0.05, 0.1) is 15.6 Å². The zero-order chi connectivity index (χ0) is 18.4. The topological polar surface area (TPSA) is 91.8 Å². The van der Waals surface area contributed by atoms with Crippen LogP contribution < -0.4 is 0 Å². The van der Waals surface area contributed by atoms with Gasteiger partial charge in [0.1, 0.15) is 0 Å². The average Bonchev–Trinajstić information content (AvgIpc) is 3.12. The Morgan fingerprint density at radius 3 is 2.40 bits per heavy atom. The highest BCUT2D eigenvalue weighted by molar-refractivity contribution is 7.92. The first-order valence-electron chi connectivity index (χ1n) is 8.55. The van der Waals surface area contributed by atoms with E-state index in [1.54, 1.807) is 18.7 Å². The van der Waals surface area contributed by atoms with Crippen molar-refractivity contribution >= 4 is 21.7 Å². The Kier molecular flexibility index (Phi) is 4.39. The molecule has 0 aromatic heterocycles. The predicted molar refractivity (Wildman–Crippen MR) is 92.1 cm³/mol. The lowest BCUT2D eigenvalue weighted by Gasteiger charge is -2.23. The minimum atomic E-state index is -3.37. The van der Waals surface area contributed by atoms with E-state index in [0.717, 1.165) is 12.8 Å². The van der Waals surface area contributed by atoms with E-state index in [2.05, 4.69) is 0 Å². The van der Waals surface area contributed by atoms with Crippen LogP contribution in [0.3, 0.4) is 0 Å². The fourth-order valence-electron chi connectivity index (χ4n) is 4.04. The number of likely N-dealkylation sites (tertiary alicyclic amines) is 1. The van der Waals surface area contributed by atoms with Crippen molar-refractivity contribution in [2.45, 2.75) is 43.3 Å². The Balaban J connectivity index is 1.80. The lowest BCUT2D eigenvalue weighted by molar-refractivity contribution is -0.149. The molecule has 1 saturated heterocycles. The van der Waals surface area contributed by atoms with Gasteiger partial charge in [0, 0.05) is 18.7 Å². The first-order chi connectivity index (χ1) is 11.7. The van der Waals surface area contributed by atoms with Gasteiger partial charge in [-0.05, 0) is 56.9 Å². The third-order valence-corrected chi connectivity index (χ3v) is 7.80. The number of carbonyl (C=O) groups is 2. The van der Waals surface area contributed by atoms with Gasteiger partial charge in [-0.15, -0.1) is 0 Å². The number of carbonyl (C=O) groups excluding carboxylic acids is 1. The molecule has 1 aromatic carbocycles. The van der Waals surface area contributed by atoms with Gasteiger partial charge in [0.15, 0.2) is 9.84 Å². The minimum absolute atomic E-state index is 0.00884. The van der Waals surface area contributed by atoms with Crippen molar-refractivity contribution in [3.05, 3.63) is 29.8 Å². The molecular weight excluding hydrogens is 342 g/mol. The zero-order valence-corrected chi connectivity index (χ0v) is 15.3. The molecule has 2 fully saturated rings. The summed E-state index contributed by atoms with van der Waals surface area (Å²) in [5.41, 5.74) is -0.417. The van der Waals surface area contributed by atoms with Gasteiger partial charge >= 0.3 is 5.97 Å². The molecule has 2 aliphatic rings. The molecule has 1 N–H and O–H groups in total. The maximum absolute atomic E-state index is 12.7. The molecule has 7 heteroatoms. The fourth-order valence-corrected chi connectivity index (χ4v) is 5.10. The fraction of sp³-hybridized carbons (Fsp3) is 0.556. The molecule has 1 saturated carbocycles. The van der Waals surface area contributed by atoms with Gasteiger partial charge in [-0.3, -0.25) is 9.59 Å². The molecule has 0 spiro atoms. The van der Waals surface area contributed by atoms with Gasteiger partial charge < -0.3 is 10.0 Å². The highest BCUT2D eigenvalue weighted by atomic mass is 32.2. The molecule has 1 aliphatic carbocycles. The van der Waals surface area contributed by atoms with Crippen LogP contribution in [0.25, 0.3) is 0 Å². The number of carboxylic acid groups (broad SMARTS) is 1. The number of carboxylic acids is 1. The summed E-state index contributed by atoms with van der Waals surface area (Å²) < 4.78 is 24.3. The molecule has 1 aliphatic heterocycles. The summed E-state index contributed by atoms with van der Waals surface area (Å²) in [5.74, 6) is -1.04. The molecule has 25 heavy (non-hydrogen) atoms. The summed E-state index contributed by atoms with van der Waals surface area (Å²) in [5, 5.41) is 9.09. The predicted octanol–water partition coefficient (Wildman–Crippen LogP) is 2.20. The summed E-state index contributed by atoms with van der Waals surface area (Å²) >= 11 is 0. The largest absolute Gasteiger partial charge is 0.481 e. The van der Waals surface area contributed by atoms with E-state index in [1.807, 2.05) is 0 Å². The second kappa shape index (κ2) is 6.12. The Morgan fingerprint density at radius 1 is 1.24 bits per heavy atom. The van der Waals surface area contributed by atoms with Crippen molar-refractivity contribution in [3.8, 4) is 0 Å². The Bertz CT molecular complexity index is 799. The Labute approximate surface area is 147 Å². The van der Waals surface area contributed by atoms with Gasteiger partial charge in [-0.2, -0.15) is 0 Å². The number of sulfone groups is 1. The van der Waals surface area contributed by atoms with Crippen molar-refractivity contribution in [2.75, 3.05) is 13.1 Å². The van der Waals surface area contributed by atoms with Gasteiger partial charge in [-0.25, -0.2) is 8.42 Å². The third-order valence-electron chi connectivity index (χ3n) is 5.63. The van der Waals surface area contributed by atoms with E-state index in [9.17, 15) is 23.1 Å². The van der Waals surface area contributed by atoms with E-state index < -0.39 is 26.5 Å². The van der Waals surface area contributed by atoms with E-state index in [0.29, 0.717) is 18.5 Å². The number of rotatable bonds is 4. The number of benzene rings is 1. The maximum Gasteiger partial charge on any atom is 0.311 e. The Morgan fingerprint density at radius 2 is 1.88 bits per heavy atom. The molecule has 1 amide bonds. The molecule has 6 nitrogen and oxygen atoms in total. The minimum Gasteiger partial charge on any atom is -0.481 e. The van der Waals surface area contributed by atoms with Gasteiger partial charge in [-0.1, -0.05) is 6.42 Å². The van der Waals surface area contributed by atoms with Crippen LogP contribution in [0.4, 0.5) is 0 Å². The van der Waals surface area contributed by atoms with E-state index in [-0.39, 0.29) is 23.3 Å². The van der Waals surface area contributed by atoms with Crippen molar-refractivity contribution < 1.29 is 23.1 Å². The van der Waals surface area contributed by atoms with Crippen LogP contribution in [0.2, 0.25) is 0 Å². The number of hydrogen-bond acceptors (Lipinski definition) is 4. The summed E-state index contributed by atoms with van der Waals surface area (Å²) in [6, 6.07) is 5.93. The van der Waals surface area contributed by atoms with Crippen LogP contribution >= 0.6 is 0 Å². The number of fused-ring (bicyclic) bond motifs is 1. The lowest BCUT2D eigenvalue weighted by atomic mass is 9.81. The molecule has 2 atom stereocenters. The zero-order valence-electron chi connectivity index (χ0n) is 14.4. The van der Waals surface area contributed by atoms with Crippen LogP contribution in [0.1, 0.15) is 43.5 Å². The molecule has 136 valence electrons. The smallest absolute Gasteiger partial charge is 0.311 e.